The second-order valence-electron chi connectivity index (χ2n) is 4.37. The van der Waals surface area contributed by atoms with Crippen LogP contribution >= 0.6 is 0 Å². The minimum absolute atomic E-state index is 0.199. The molecule has 0 fully saturated rings. The third-order valence-corrected chi connectivity index (χ3v) is 2.91. The van der Waals surface area contributed by atoms with E-state index in [4.69, 9.17) is 5.73 Å². The lowest BCUT2D eigenvalue weighted by molar-refractivity contribution is 0.549. The number of benzene rings is 2. The predicted molar refractivity (Wildman–Crippen MR) is 73.5 cm³/mol. The number of aromatic nitrogens is 2. The van der Waals surface area contributed by atoms with Gasteiger partial charge in [0.05, 0.1) is 5.52 Å². The molecule has 0 unspecified atom stereocenters. The van der Waals surface area contributed by atoms with Gasteiger partial charge in [0.15, 0.2) is 11.6 Å². The number of rotatable bonds is 2. The molecule has 106 valence electrons. The number of hydrogen-bond acceptors (Lipinski definition) is 4. The highest BCUT2D eigenvalue weighted by molar-refractivity contribution is 5.92. The van der Waals surface area contributed by atoms with Crippen LogP contribution in [-0.4, -0.2) is 9.97 Å². The Kier molecular flexibility index (Phi) is 3.09. The first-order chi connectivity index (χ1) is 10.0. The summed E-state index contributed by atoms with van der Waals surface area (Å²) in [6, 6.07) is 6.04. The molecule has 0 bridgehead atoms. The summed E-state index contributed by atoms with van der Waals surface area (Å²) in [5.41, 5.74) is 6.20. The van der Waals surface area contributed by atoms with Gasteiger partial charge in [-0.3, -0.25) is 0 Å². The first-order valence-corrected chi connectivity index (χ1v) is 5.96. The van der Waals surface area contributed by atoms with Gasteiger partial charge in [0.25, 0.3) is 0 Å². The van der Waals surface area contributed by atoms with Crippen LogP contribution in [0.3, 0.4) is 0 Å². The Morgan fingerprint density at radius 1 is 0.952 bits per heavy atom. The van der Waals surface area contributed by atoms with Crippen molar-refractivity contribution < 1.29 is 13.2 Å². The zero-order valence-electron chi connectivity index (χ0n) is 10.6. The maximum atomic E-state index is 13.7. The van der Waals surface area contributed by atoms with Crippen molar-refractivity contribution in [1.82, 2.24) is 9.97 Å². The van der Waals surface area contributed by atoms with Crippen molar-refractivity contribution in [3.63, 3.8) is 0 Å². The lowest BCUT2D eigenvalue weighted by Gasteiger charge is -2.10. The quantitative estimate of drug-likeness (QED) is 0.710. The predicted octanol–water partition coefficient (Wildman–Crippen LogP) is 3.37. The number of nitrogens with one attached hydrogen (secondary N) is 1. The highest BCUT2D eigenvalue weighted by Crippen LogP contribution is 2.27. The molecule has 3 rings (SSSR count). The molecule has 0 aliphatic carbocycles. The van der Waals surface area contributed by atoms with Gasteiger partial charge in [0, 0.05) is 23.2 Å². The summed E-state index contributed by atoms with van der Waals surface area (Å²) in [5.74, 6) is -2.88. The van der Waals surface area contributed by atoms with Crippen molar-refractivity contribution in [2.45, 2.75) is 0 Å². The van der Waals surface area contributed by atoms with Gasteiger partial charge in [-0.1, -0.05) is 0 Å². The van der Waals surface area contributed by atoms with E-state index in [1.165, 1.54) is 6.33 Å². The van der Waals surface area contributed by atoms with E-state index in [0.717, 1.165) is 0 Å². The molecule has 0 aliphatic heterocycles. The molecule has 0 spiro atoms. The van der Waals surface area contributed by atoms with E-state index in [1.807, 2.05) is 0 Å². The van der Waals surface area contributed by atoms with Gasteiger partial charge in [-0.15, -0.1) is 0 Å². The number of anilines is 3. The van der Waals surface area contributed by atoms with Crippen molar-refractivity contribution in [3.8, 4) is 0 Å². The van der Waals surface area contributed by atoms with E-state index in [2.05, 4.69) is 15.3 Å². The molecule has 3 N–H and O–H groups in total. The van der Waals surface area contributed by atoms with Crippen molar-refractivity contribution in [2.24, 2.45) is 0 Å². The summed E-state index contributed by atoms with van der Waals surface area (Å²) in [7, 11) is 0. The van der Waals surface area contributed by atoms with Crippen molar-refractivity contribution >= 4 is 28.1 Å². The molecule has 1 heterocycles. The van der Waals surface area contributed by atoms with Crippen molar-refractivity contribution in [3.05, 3.63) is 54.1 Å². The fraction of sp³-hybridized carbons (Fsp3) is 0. The Balaban J connectivity index is 2.11. The van der Waals surface area contributed by atoms with Gasteiger partial charge in [0.2, 0.25) is 0 Å². The van der Waals surface area contributed by atoms with Crippen LogP contribution in [0, 0.1) is 17.5 Å². The molecule has 0 amide bonds. The van der Waals surface area contributed by atoms with Gasteiger partial charge >= 0.3 is 0 Å². The summed E-state index contributed by atoms with van der Waals surface area (Å²) in [4.78, 5) is 7.97. The molecule has 2 aromatic carbocycles. The first kappa shape index (κ1) is 13.2. The Morgan fingerprint density at radius 3 is 2.38 bits per heavy atom. The fourth-order valence-corrected chi connectivity index (χ4v) is 1.95. The molecule has 0 radical (unpaired) electrons. The molecular weight excluding hydrogens is 281 g/mol. The lowest BCUT2D eigenvalue weighted by atomic mass is 10.2. The zero-order valence-corrected chi connectivity index (χ0v) is 10.6. The van der Waals surface area contributed by atoms with Gasteiger partial charge in [-0.2, -0.15) is 0 Å². The minimum Gasteiger partial charge on any atom is -0.399 e. The van der Waals surface area contributed by atoms with Gasteiger partial charge < -0.3 is 11.1 Å². The Hall–Kier alpha value is -2.83. The normalized spacial score (nSPS) is 10.8. The zero-order chi connectivity index (χ0) is 15.0. The SMILES string of the molecule is Nc1ccc2c(Nc3c(F)cc(F)cc3F)ncnc2c1. The molecule has 0 aliphatic rings. The largest absolute Gasteiger partial charge is 0.399 e. The topological polar surface area (TPSA) is 63.8 Å². The van der Waals surface area contributed by atoms with Crippen LogP contribution < -0.4 is 11.1 Å². The van der Waals surface area contributed by atoms with Gasteiger partial charge in [-0.05, 0) is 18.2 Å². The molecule has 0 atom stereocenters. The third-order valence-electron chi connectivity index (χ3n) is 2.91. The molecule has 1 aromatic heterocycles. The van der Waals surface area contributed by atoms with E-state index >= 15 is 0 Å². The molecule has 3 aromatic rings. The number of hydrogen-bond donors (Lipinski definition) is 2. The average molecular weight is 290 g/mol. The van der Waals surface area contributed by atoms with E-state index in [1.54, 1.807) is 18.2 Å². The molecular formula is C14H9F3N4. The average Bonchev–Trinajstić information content (AvgIpc) is 2.42. The second-order valence-corrected chi connectivity index (χ2v) is 4.37. The number of nitrogens with zero attached hydrogens (tertiary/aromatic N) is 2. The Labute approximate surface area is 117 Å². The van der Waals surface area contributed by atoms with Gasteiger partial charge in [-0.25, -0.2) is 23.1 Å². The van der Waals surface area contributed by atoms with E-state index in [9.17, 15) is 13.2 Å². The third kappa shape index (κ3) is 2.45. The summed E-state index contributed by atoms with van der Waals surface area (Å²) in [6.07, 6.45) is 1.24. The fourth-order valence-electron chi connectivity index (χ4n) is 1.95. The molecule has 0 saturated carbocycles. The summed E-state index contributed by atoms with van der Waals surface area (Å²) < 4.78 is 40.2. The van der Waals surface area contributed by atoms with Crippen LogP contribution in [-0.2, 0) is 0 Å². The second kappa shape index (κ2) is 4.93. The van der Waals surface area contributed by atoms with E-state index < -0.39 is 23.1 Å². The molecule has 7 heteroatoms. The Morgan fingerprint density at radius 2 is 1.67 bits per heavy atom. The van der Waals surface area contributed by atoms with Crippen LogP contribution in [0.15, 0.2) is 36.7 Å². The summed E-state index contributed by atoms with van der Waals surface area (Å²) in [6.45, 7) is 0. The smallest absolute Gasteiger partial charge is 0.152 e. The maximum Gasteiger partial charge on any atom is 0.152 e. The number of nitrogen functional groups attached to an aromatic ring is 1. The number of halogens is 3. The minimum atomic E-state index is -1.05. The molecule has 4 nitrogen and oxygen atoms in total. The monoisotopic (exact) mass is 290 g/mol. The number of fused-ring (bicyclic) bond motifs is 1. The van der Waals surface area contributed by atoms with E-state index in [0.29, 0.717) is 28.7 Å². The highest BCUT2D eigenvalue weighted by atomic mass is 19.1. The van der Waals surface area contributed by atoms with Crippen LogP contribution in [0.2, 0.25) is 0 Å². The molecule has 0 saturated heterocycles. The van der Waals surface area contributed by atoms with Crippen LogP contribution in [0.1, 0.15) is 0 Å². The van der Waals surface area contributed by atoms with Crippen LogP contribution in [0.25, 0.3) is 10.9 Å². The van der Waals surface area contributed by atoms with Crippen LogP contribution in [0.4, 0.5) is 30.4 Å². The van der Waals surface area contributed by atoms with Gasteiger partial charge in [0.1, 0.15) is 23.6 Å². The van der Waals surface area contributed by atoms with E-state index in [-0.39, 0.29) is 5.82 Å². The highest BCUT2D eigenvalue weighted by Gasteiger charge is 2.13. The summed E-state index contributed by atoms with van der Waals surface area (Å²) in [5, 5.41) is 3.06. The lowest BCUT2D eigenvalue weighted by Crippen LogP contribution is -2.02. The van der Waals surface area contributed by atoms with Crippen LogP contribution in [0.5, 0.6) is 0 Å². The van der Waals surface area contributed by atoms with Crippen molar-refractivity contribution in [2.75, 3.05) is 11.1 Å². The molecule has 21 heavy (non-hydrogen) atoms. The number of nitrogens with two attached hydrogens (primary N) is 1. The standard InChI is InChI=1S/C14H9F3N4/c15-7-3-10(16)13(11(17)4-7)21-14-9-2-1-8(18)5-12(9)19-6-20-14/h1-6H,18H2,(H,19,20,21). The first-order valence-electron chi connectivity index (χ1n) is 5.96. The summed E-state index contributed by atoms with van der Waals surface area (Å²) >= 11 is 0. The van der Waals surface area contributed by atoms with Crippen molar-refractivity contribution in [1.29, 1.82) is 0 Å². The maximum absolute atomic E-state index is 13.7. The Bertz CT molecular complexity index is 813.